The molecule has 1 fully saturated rings. The number of hydrogen-bond donors (Lipinski definition) is 2. The van der Waals surface area contributed by atoms with Crippen LogP contribution < -0.4 is 11.1 Å². The van der Waals surface area contributed by atoms with E-state index >= 15 is 0 Å². The number of hydrogen-bond acceptors (Lipinski definition) is 3. The largest absolute Gasteiger partial charge is 0.356 e. The summed E-state index contributed by atoms with van der Waals surface area (Å²) < 4.78 is 0. The molecule has 0 aromatic carbocycles. The molecular weight excluding hydrogens is 232 g/mol. The zero-order valence-corrected chi connectivity index (χ0v) is 11.7. The maximum Gasteiger partial charge on any atom is 0.220 e. The number of rotatable bonds is 8. The molecule has 0 aromatic rings. The fourth-order valence-electron chi connectivity index (χ4n) is 2.21. The molecule has 1 amide bonds. The average Bonchev–Trinajstić information content (AvgIpc) is 2.85. The Morgan fingerprint density at radius 2 is 2.35 bits per heavy atom. The van der Waals surface area contributed by atoms with Crippen LogP contribution in [0.2, 0.25) is 0 Å². The molecule has 3 N–H and O–H groups in total. The monoisotopic (exact) mass is 258 g/mol. The molecule has 2 atom stereocenters. The second-order valence-corrected chi connectivity index (χ2v) is 6.07. The molecule has 0 aromatic heterocycles. The van der Waals surface area contributed by atoms with Gasteiger partial charge in [0.1, 0.15) is 0 Å². The highest BCUT2D eigenvalue weighted by atomic mass is 32.2. The Labute approximate surface area is 109 Å². The first-order valence-corrected chi connectivity index (χ1v) is 7.96. The molecule has 100 valence electrons. The van der Waals surface area contributed by atoms with Crippen LogP contribution in [0.15, 0.2) is 0 Å². The SMILES string of the molecule is CCC(CCN)CCC(=O)NCC1CCSC1. The highest BCUT2D eigenvalue weighted by Gasteiger charge is 2.16. The summed E-state index contributed by atoms with van der Waals surface area (Å²) in [4.78, 5) is 11.7. The van der Waals surface area contributed by atoms with Gasteiger partial charge in [0.05, 0.1) is 0 Å². The lowest BCUT2D eigenvalue weighted by Gasteiger charge is -2.14. The van der Waals surface area contributed by atoms with Gasteiger partial charge in [-0.1, -0.05) is 13.3 Å². The summed E-state index contributed by atoms with van der Waals surface area (Å²) in [5, 5.41) is 3.06. The van der Waals surface area contributed by atoms with Crippen LogP contribution in [0.5, 0.6) is 0 Å². The maximum atomic E-state index is 11.7. The van der Waals surface area contributed by atoms with Crippen LogP contribution in [0.25, 0.3) is 0 Å². The number of carbonyl (C=O) groups is 1. The van der Waals surface area contributed by atoms with Gasteiger partial charge in [0.25, 0.3) is 0 Å². The summed E-state index contributed by atoms with van der Waals surface area (Å²) in [6.45, 7) is 3.78. The number of nitrogens with one attached hydrogen (secondary N) is 1. The molecular formula is C13H26N2OS. The summed E-state index contributed by atoms with van der Waals surface area (Å²) in [6.07, 6.45) is 5.08. The predicted octanol–water partition coefficient (Wildman–Crippen LogP) is 2.01. The van der Waals surface area contributed by atoms with E-state index in [0.29, 0.717) is 18.3 Å². The number of carbonyl (C=O) groups excluding carboxylic acids is 1. The third-order valence-corrected chi connectivity index (χ3v) is 4.78. The van der Waals surface area contributed by atoms with Crippen LogP contribution in [0.3, 0.4) is 0 Å². The van der Waals surface area contributed by atoms with Gasteiger partial charge in [0.2, 0.25) is 5.91 Å². The third-order valence-electron chi connectivity index (χ3n) is 3.54. The zero-order chi connectivity index (χ0) is 12.5. The molecule has 17 heavy (non-hydrogen) atoms. The molecule has 0 aliphatic carbocycles. The summed E-state index contributed by atoms with van der Waals surface area (Å²) >= 11 is 2.00. The van der Waals surface area contributed by atoms with Gasteiger partial charge >= 0.3 is 0 Å². The molecule has 1 rings (SSSR count). The van der Waals surface area contributed by atoms with Crippen LogP contribution >= 0.6 is 11.8 Å². The van der Waals surface area contributed by atoms with Crippen LogP contribution in [0.4, 0.5) is 0 Å². The lowest BCUT2D eigenvalue weighted by atomic mass is 9.96. The van der Waals surface area contributed by atoms with Crippen molar-refractivity contribution in [1.29, 1.82) is 0 Å². The highest BCUT2D eigenvalue weighted by molar-refractivity contribution is 7.99. The Kier molecular flexibility index (Phi) is 7.69. The summed E-state index contributed by atoms with van der Waals surface area (Å²) in [5.41, 5.74) is 5.55. The minimum Gasteiger partial charge on any atom is -0.356 e. The Balaban J connectivity index is 2.07. The second-order valence-electron chi connectivity index (χ2n) is 4.92. The van der Waals surface area contributed by atoms with Crippen LogP contribution in [-0.4, -0.2) is 30.5 Å². The van der Waals surface area contributed by atoms with Crippen LogP contribution in [-0.2, 0) is 4.79 Å². The lowest BCUT2D eigenvalue weighted by molar-refractivity contribution is -0.121. The van der Waals surface area contributed by atoms with E-state index in [-0.39, 0.29) is 5.91 Å². The lowest BCUT2D eigenvalue weighted by Crippen LogP contribution is -2.29. The quantitative estimate of drug-likeness (QED) is 0.700. The van der Waals surface area contributed by atoms with Gasteiger partial charge in [-0.15, -0.1) is 0 Å². The molecule has 3 nitrogen and oxygen atoms in total. The van der Waals surface area contributed by atoms with Crippen molar-refractivity contribution in [2.45, 2.75) is 39.0 Å². The van der Waals surface area contributed by atoms with E-state index in [9.17, 15) is 4.79 Å². The number of amides is 1. The Morgan fingerprint density at radius 3 is 2.94 bits per heavy atom. The van der Waals surface area contributed by atoms with Gasteiger partial charge in [-0.3, -0.25) is 4.79 Å². The molecule has 0 radical (unpaired) electrons. The summed E-state index contributed by atoms with van der Waals surface area (Å²) in [5.74, 6) is 4.01. The topological polar surface area (TPSA) is 55.1 Å². The molecule has 1 saturated heterocycles. The number of nitrogens with two attached hydrogens (primary N) is 1. The standard InChI is InChI=1S/C13H26N2OS/c1-2-11(5-7-14)3-4-13(16)15-9-12-6-8-17-10-12/h11-12H,2-10,14H2,1H3,(H,15,16). The fraction of sp³-hybridized carbons (Fsp3) is 0.923. The van der Waals surface area contributed by atoms with Crippen molar-refractivity contribution in [2.75, 3.05) is 24.6 Å². The van der Waals surface area contributed by atoms with Crippen molar-refractivity contribution < 1.29 is 4.79 Å². The van der Waals surface area contributed by atoms with E-state index in [0.717, 1.165) is 32.4 Å². The van der Waals surface area contributed by atoms with Crippen molar-refractivity contribution in [3.63, 3.8) is 0 Å². The summed E-state index contributed by atoms with van der Waals surface area (Å²) in [7, 11) is 0. The third kappa shape index (κ3) is 6.32. The van der Waals surface area contributed by atoms with Crippen molar-refractivity contribution in [1.82, 2.24) is 5.32 Å². The second kappa shape index (κ2) is 8.81. The molecule has 0 saturated carbocycles. The minimum atomic E-state index is 0.220. The van der Waals surface area contributed by atoms with Gasteiger partial charge in [-0.05, 0) is 49.1 Å². The molecule has 2 unspecified atom stereocenters. The van der Waals surface area contributed by atoms with Crippen LogP contribution in [0, 0.1) is 11.8 Å². The highest BCUT2D eigenvalue weighted by Crippen LogP contribution is 2.22. The van der Waals surface area contributed by atoms with Gasteiger partial charge < -0.3 is 11.1 Å². The van der Waals surface area contributed by atoms with Crippen molar-refractivity contribution in [3.05, 3.63) is 0 Å². The molecule has 0 bridgehead atoms. The van der Waals surface area contributed by atoms with E-state index in [1.165, 1.54) is 17.9 Å². The van der Waals surface area contributed by atoms with Crippen molar-refractivity contribution in [3.8, 4) is 0 Å². The van der Waals surface area contributed by atoms with E-state index in [1.54, 1.807) is 0 Å². The van der Waals surface area contributed by atoms with Crippen molar-refractivity contribution in [2.24, 2.45) is 17.6 Å². The maximum absolute atomic E-state index is 11.7. The Morgan fingerprint density at radius 1 is 1.53 bits per heavy atom. The first kappa shape index (κ1) is 14.8. The normalized spacial score (nSPS) is 21.4. The first-order chi connectivity index (χ1) is 8.26. The van der Waals surface area contributed by atoms with Gasteiger partial charge in [-0.25, -0.2) is 0 Å². The van der Waals surface area contributed by atoms with Gasteiger partial charge in [0.15, 0.2) is 0 Å². The van der Waals surface area contributed by atoms with Gasteiger partial charge in [0, 0.05) is 13.0 Å². The minimum absolute atomic E-state index is 0.220. The molecule has 4 heteroatoms. The average molecular weight is 258 g/mol. The Bertz CT molecular complexity index is 217. The summed E-state index contributed by atoms with van der Waals surface area (Å²) in [6, 6.07) is 0. The predicted molar refractivity (Wildman–Crippen MR) is 75.1 cm³/mol. The van der Waals surface area contributed by atoms with Crippen LogP contribution in [0.1, 0.15) is 39.0 Å². The fourth-order valence-corrected chi connectivity index (χ4v) is 3.50. The van der Waals surface area contributed by atoms with Crippen molar-refractivity contribution >= 4 is 17.7 Å². The molecule has 1 aliphatic heterocycles. The molecule has 1 heterocycles. The molecule has 1 aliphatic rings. The molecule has 0 spiro atoms. The van der Waals surface area contributed by atoms with Gasteiger partial charge in [-0.2, -0.15) is 11.8 Å². The zero-order valence-electron chi connectivity index (χ0n) is 10.9. The van der Waals surface area contributed by atoms with E-state index < -0.39 is 0 Å². The van der Waals surface area contributed by atoms with E-state index in [4.69, 9.17) is 5.73 Å². The van der Waals surface area contributed by atoms with E-state index in [1.807, 2.05) is 11.8 Å². The first-order valence-electron chi connectivity index (χ1n) is 6.80. The Hall–Kier alpha value is -0.220. The van der Waals surface area contributed by atoms with E-state index in [2.05, 4.69) is 12.2 Å². The number of thioether (sulfide) groups is 1. The smallest absolute Gasteiger partial charge is 0.220 e.